The number of nitrogens with zero attached hydrogens (tertiary/aromatic N) is 2. The number of hydrogen-bond donors (Lipinski definition) is 2. The number of ether oxygens (including phenoxy) is 2. The van der Waals surface area contributed by atoms with Crippen molar-refractivity contribution in [2.75, 3.05) is 17.7 Å². The van der Waals surface area contributed by atoms with E-state index in [4.69, 9.17) is 9.47 Å². The van der Waals surface area contributed by atoms with Gasteiger partial charge in [0.15, 0.2) is 0 Å². The number of aromatic nitrogens is 2. The number of rotatable bonds is 6. The summed E-state index contributed by atoms with van der Waals surface area (Å²) in [6.45, 7) is 5.66. The Morgan fingerprint density at radius 3 is 2.19 bits per heavy atom. The van der Waals surface area contributed by atoms with Gasteiger partial charge in [0, 0.05) is 23.6 Å². The average molecular weight is 432 g/mol. The molecule has 31 heavy (non-hydrogen) atoms. The van der Waals surface area contributed by atoms with Crippen molar-refractivity contribution in [1.82, 2.24) is 9.97 Å². The number of anilines is 4. The van der Waals surface area contributed by atoms with Crippen LogP contribution in [-0.4, -0.2) is 22.7 Å². The van der Waals surface area contributed by atoms with Crippen LogP contribution in [0.15, 0.2) is 54.7 Å². The zero-order valence-electron chi connectivity index (χ0n) is 17.5. The molecule has 0 aliphatic heterocycles. The first kappa shape index (κ1) is 22.2. The fourth-order valence-electron chi connectivity index (χ4n) is 2.68. The molecule has 0 aliphatic carbocycles. The molecule has 0 radical (unpaired) electrons. The van der Waals surface area contributed by atoms with E-state index in [-0.39, 0.29) is 11.8 Å². The second-order valence-corrected chi connectivity index (χ2v) is 7.67. The first-order valence-electron chi connectivity index (χ1n) is 9.45. The van der Waals surface area contributed by atoms with Crippen LogP contribution < -0.4 is 20.1 Å². The molecule has 164 valence electrons. The number of nitrogens with one attached hydrogen (secondary N) is 2. The standard InChI is InChI=1S/C22H23F3N4O2/c1-21(2,3)31-17-7-5-6-15(12-17)27-19-18(22(23,24)25)13-26-20(29-19)28-14-8-10-16(30-4)11-9-14/h5-13H,1-4H3,(H2,26,27,28,29). The molecule has 3 aromatic rings. The third-order valence-electron chi connectivity index (χ3n) is 3.96. The van der Waals surface area contributed by atoms with E-state index < -0.39 is 17.3 Å². The number of alkyl halides is 3. The number of hydrogen-bond acceptors (Lipinski definition) is 6. The fourth-order valence-corrected chi connectivity index (χ4v) is 2.68. The Hall–Kier alpha value is -3.49. The Balaban J connectivity index is 1.90. The summed E-state index contributed by atoms with van der Waals surface area (Å²) < 4.78 is 51.4. The largest absolute Gasteiger partial charge is 0.497 e. The number of benzene rings is 2. The van der Waals surface area contributed by atoms with Crippen LogP contribution >= 0.6 is 0 Å². The predicted molar refractivity (Wildman–Crippen MR) is 113 cm³/mol. The normalized spacial score (nSPS) is 11.7. The summed E-state index contributed by atoms with van der Waals surface area (Å²) in [7, 11) is 1.54. The van der Waals surface area contributed by atoms with Gasteiger partial charge in [-0.2, -0.15) is 18.2 Å². The van der Waals surface area contributed by atoms with E-state index in [1.807, 2.05) is 20.8 Å². The highest BCUT2D eigenvalue weighted by Crippen LogP contribution is 2.36. The van der Waals surface area contributed by atoms with Crippen molar-refractivity contribution < 1.29 is 22.6 Å². The summed E-state index contributed by atoms with van der Waals surface area (Å²) in [5, 5.41) is 5.63. The fraction of sp³-hybridized carbons (Fsp3) is 0.273. The highest BCUT2D eigenvalue weighted by atomic mass is 19.4. The molecule has 0 saturated carbocycles. The summed E-state index contributed by atoms with van der Waals surface area (Å²) in [6, 6.07) is 13.5. The van der Waals surface area contributed by atoms with Gasteiger partial charge in [-0.3, -0.25) is 0 Å². The van der Waals surface area contributed by atoms with Crippen LogP contribution in [0.2, 0.25) is 0 Å². The van der Waals surface area contributed by atoms with Gasteiger partial charge in [-0.15, -0.1) is 0 Å². The highest BCUT2D eigenvalue weighted by molar-refractivity contribution is 5.64. The van der Waals surface area contributed by atoms with Crippen LogP contribution in [-0.2, 0) is 6.18 Å². The van der Waals surface area contributed by atoms with Crippen LogP contribution in [0.1, 0.15) is 26.3 Å². The zero-order chi connectivity index (χ0) is 22.6. The zero-order valence-corrected chi connectivity index (χ0v) is 17.5. The summed E-state index contributed by atoms with van der Waals surface area (Å²) in [5.74, 6) is 0.824. The highest BCUT2D eigenvalue weighted by Gasteiger charge is 2.35. The molecule has 2 aromatic carbocycles. The lowest BCUT2D eigenvalue weighted by atomic mass is 10.2. The van der Waals surface area contributed by atoms with E-state index >= 15 is 0 Å². The van der Waals surface area contributed by atoms with Crippen LogP contribution in [0.3, 0.4) is 0 Å². The lowest BCUT2D eigenvalue weighted by Gasteiger charge is -2.22. The third-order valence-corrected chi connectivity index (χ3v) is 3.96. The number of halogens is 3. The SMILES string of the molecule is COc1ccc(Nc2ncc(C(F)(F)F)c(Nc3cccc(OC(C)(C)C)c3)n2)cc1. The maximum atomic E-state index is 13.5. The lowest BCUT2D eigenvalue weighted by molar-refractivity contribution is -0.137. The van der Waals surface area contributed by atoms with Gasteiger partial charge in [0.05, 0.1) is 7.11 Å². The van der Waals surface area contributed by atoms with Crippen molar-refractivity contribution in [3.05, 3.63) is 60.3 Å². The Morgan fingerprint density at radius 2 is 1.58 bits per heavy atom. The average Bonchev–Trinajstić information content (AvgIpc) is 2.67. The minimum atomic E-state index is -4.62. The predicted octanol–water partition coefficient (Wildman–Crippen LogP) is 6.17. The summed E-state index contributed by atoms with van der Waals surface area (Å²) in [5.41, 5.74) is -0.413. The third kappa shape index (κ3) is 6.24. The molecule has 0 fully saturated rings. The van der Waals surface area contributed by atoms with Crippen LogP contribution in [0.25, 0.3) is 0 Å². The summed E-state index contributed by atoms with van der Waals surface area (Å²) in [6.07, 6.45) is -3.88. The summed E-state index contributed by atoms with van der Waals surface area (Å²) in [4.78, 5) is 7.86. The van der Waals surface area contributed by atoms with E-state index in [0.29, 0.717) is 22.9 Å². The van der Waals surface area contributed by atoms with Crippen molar-refractivity contribution in [1.29, 1.82) is 0 Å². The maximum Gasteiger partial charge on any atom is 0.421 e. The van der Waals surface area contributed by atoms with Crippen molar-refractivity contribution in [2.24, 2.45) is 0 Å². The van der Waals surface area contributed by atoms with Crippen molar-refractivity contribution in [2.45, 2.75) is 32.5 Å². The van der Waals surface area contributed by atoms with E-state index in [9.17, 15) is 13.2 Å². The van der Waals surface area contributed by atoms with Gasteiger partial charge < -0.3 is 20.1 Å². The first-order chi connectivity index (χ1) is 14.5. The van der Waals surface area contributed by atoms with E-state index in [1.54, 1.807) is 55.6 Å². The molecule has 0 atom stereocenters. The van der Waals surface area contributed by atoms with Gasteiger partial charge in [0.1, 0.15) is 28.5 Å². The molecule has 9 heteroatoms. The molecule has 1 aromatic heterocycles. The smallest absolute Gasteiger partial charge is 0.421 e. The van der Waals surface area contributed by atoms with Crippen molar-refractivity contribution in [3.8, 4) is 11.5 Å². The van der Waals surface area contributed by atoms with E-state index in [2.05, 4.69) is 20.6 Å². The molecule has 6 nitrogen and oxygen atoms in total. The van der Waals surface area contributed by atoms with Crippen LogP contribution in [0.5, 0.6) is 11.5 Å². The molecule has 0 saturated heterocycles. The second kappa shape index (κ2) is 8.71. The minimum absolute atomic E-state index is 0.0164. The lowest BCUT2D eigenvalue weighted by Crippen LogP contribution is -2.22. The minimum Gasteiger partial charge on any atom is -0.497 e. The molecule has 0 amide bonds. The Morgan fingerprint density at radius 1 is 0.871 bits per heavy atom. The Labute approximate surface area is 178 Å². The van der Waals surface area contributed by atoms with Gasteiger partial charge in [-0.1, -0.05) is 6.07 Å². The molecule has 0 spiro atoms. The molecule has 0 bridgehead atoms. The number of methoxy groups -OCH3 is 1. The van der Waals surface area contributed by atoms with Gasteiger partial charge in [-0.05, 0) is 57.2 Å². The quantitative estimate of drug-likeness (QED) is 0.486. The van der Waals surface area contributed by atoms with Gasteiger partial charge >= 0.3 is 6.18 Å². The van der Waals surface area contributed by atoms with Gasteiger partial charge in [-0.25, -0.2) is 4.98 Å². The molecule has 0 aliphatic rings. The topological polar surface area (TPSA) is 68.3 Å². The van der Waals surface area contributed by atoms with Crippen molar-refractivity contribution >= 4 is 23.1 Å². The molecule has 3 rings (SSSR count). The molecule has 0 unspecified atom stereocenters. The molecule has 2 N–H and O–H groups in total. The van der Waals surface area contributed by atoms with E-state index in [0.717, 1.165) is 6.20 Å². The van der Waals surface area contributed by atoms with Crippen molar-refractivity contribution in [3.63, 3.8) is 0 Å². The molecular formula is C22H23F3N4O2. The molecule has 1 heterocycles. The second-order valence-electron chi connectivity index (χ2n) is 7.67. The van der Waals surface area contributed by atoms with Gasteiger partial charge in [0.25, 0.3) is 0 Å². The maximum absolute atomic E-state index is 13.5. The molecular weight excluding hydrogens is 409 g/mol. The monoisotopic (exact) mass is 432 g/mol. The summed E-state index contributed by atoms with van der Waals surface area (Å²) >= 11 is 0. The first-order valence-corrected chi connectivity index (χ1v) is 9.45. The van der Waals surface area contributed by atoms with Gasteiger partial charge in [0.2, 0.25) is 5.95 Å². The van der Waals surface area contributed by atoms with Crippen LogP contribution in [0, 0.1) is 0 Å². The Bertz CT molecular complexity index is 1030. The van der Waals surface area contributed by atoms with Crippen LogP contribution in [0.4, 0.5) is 36.3 Å². The Kier molecular flexibility index (Phi) is 6.24. The van der Waals surface area contributed by atoms with E-state index in [1.165, 1.54) is 0 Å².